The molecule has 2 N–H and O–H groups in total. The van der Waals surface area contributed by atoms with Crippen LogP contribution in [0, 0.1) is 6.92 Å². The second-order valence-electron chi connectivity index (χ2n) is 7.33. The van der Waals surface area contributed by atoms with E-state index in [1.54, 1.807) is 25.1 Å². The lowest BCUT2D eigenvalue weighted by Gasteiger charge is -2.09. The van der Waals surface area contributed by atoms with E-state index in [-0.39, 0.29) is 23.9 Å². The summed E-state index contributed by atoms with van der Waals surface area (Å²) in [5.74, 6) is -0.123. The van der Waals surface area contributed by atoms with E-state index in [9.17, 15) is 14.4 Å². The summed E-state index contributed by atoms with van der Waals surface area (Å²) < 4.78 is 6.53. The molecule has 4 aromatic rings. The monoisotopic (exact) mass is 462 g/mol. The Morgan fingerprint density at radius 3 is 2.58 bits per heavy atom. The van der Waals surface area contributed by atoms with Gasteiger partial charge in [-0.1, -0.05) is 42.5 Å². The predicted molar refractivity (Wildman–Crippen MR) is 128 cm³/mol. The van der Waals surface area contributed by atoms with Crippen molar-refractivity contribution in [2.45, 2.75) is 20.0 Å². The molecular formula is C24H22N4O4S. The van der Waals surface area contributed by atoms with Crippen molar-refractivity contribution in [1.82, 2.24) is 14.9 Å². The minimum Gasteiger partial charge on any atom is -0.495 e. The Hall–Kier alpha value is -3.98. The molecule has 9 heteroatoms. The van der Waals surface area contributed by atoms with Gasteiger partial charge >= 0.3 is 0 Å². The fraction of sp³-hybridized carbons (Fsp3) is 0.167. The number of nitrogens with zero attached hydrogens (tertiary/aromatic N) is 2. The van der Waals surface area contributed by atoms with Crippen LogP contribution >= 0.6 is 11.3 Å². The largest absolute Gasteiger partial charge is 0.495 e. The summed E-state index contributed by atoms with van der Waals surface area (Å²) in [5.41, 5.74) is 1.66. The predicted octanol–water partition coefficient (Wildman–Crippen LogP) is 3.34. The van der Waals surface area contributed by atoms with Crippen molar-refractivity contribution in [1.29, 1.82) is 0 Å². The summed E-state index contributed by atoms with van der Waals surface area (Å²) in [4.78, 5) is 43.5. The van der Waals surface area contributed by atoms with E-state index in [2.05, 4.69) is 15.6 Å². The highest BCUT2D eigenvalue weighted by Crippen LogP contribution is 2.29. The van der Waals surface area contributed by atoms with Crippen molar-refractivity contribution >= 4 is 39.1 Å². The lowest BCUT2D eigenvalue weighted by molar-refractivity contribution is -0.121. The molecule has 0 saturated carbocycles. The van der Waals surface area contributed by atoms with E-state index in [1.807, 2.05) is 36.4 Å². The molecule has 2 amide bonds. The third-order valence-corrected chi connectivity index (χ3v) is 6.32. The van der Waals surface area contributed by atoms with Crippen molar-refractivity contribution in [2.24, 2.45) is 0 Å². The second kappa shape index (κ2) is 9.66. The highest BCUT2D eigenvalue weighted by Gasteiger charge is 2.21. The van der Waals surface area contributed by atoms with Crippen LogP contribution in [0.3, 0.4) is 0 Å². The minimum absolute atomic E-state index is 0.160. The quantitative estimate of drug-likeness (QED) is 0.439. The Balaban J connectivity index is 1.54. The summed E-state index contributed by atoms with van der Waals surface area (Å²) >= 11 is 1.14. The average molecular weight is 463 g/mol. The van der Waals surface area contributed by atoms with Crippen LogP contribution in [-0.2, 0) is 17.9 Å². The zero-order valence-electron chi connectivity index (χ0n) is 18.1. The zero-order chi connectivity index (χ0) is 23.4. The van der Waals surface area contributed by atoms with Crippen LogP contribution in [0.4, 0.5) is 5.69 Å². The Morgan fingerprint density at radius 2 is 1.82 bits per heavy atom. The fourth-order valence-corrected chi connectivity index (χ4v) is 4.46. The molecule has 0 aliphatic rings. The summed E-state index contributed by atoms with van der Waals surface area (Å²) in [6.07, 6.45) is 1.34. The molecule has 2 aromatic carbocycles. The maximum absolute atomic E-state index is 13.1. The number of carbonyl (C=O) groups is 2. The van der Waals surface area contributed by atoms with E-state index in [4.69, 9.17) is 4.74 Å². The standard InChI is InChI=1S/C24H22N4O4S/c1-15-20-23(33-21(15)22(30)27-17-10-6-7-11-18(17)32-2)26-14-28(24(20)31)13-19(29)25-12-16-8-4-3-5-9-16/h3-11,14H,12-13H2,1-2H3,(H,25,29)(H,27,30). The molecule has 168 valence electrons. The molecule has 8 nitrogen and oxygen atoms in total. The molecule has 0 spiro atoms. The number of ether oxygens (including phenoxy) is 1. The first-order chi connectivity index (χ1) is 16.0. The SMILES string of the molecule is COc1ccccc1NC(=O)c1sc2ncn(CC(=O)NCc3ccccc3)c(=O)c2c1C. The molecule has 4 rings (SSSR count). The number of aryl methyl sites for hydroxylation is 1. The molecule has 33 heavy (non-hydrogen) atoms. The molecule has 0 unspecified atom stereocenters. The average Bonchev–Trinajstić information content (AvgIpc) is 3.17. The number of rotatable bonds is 7. The van der Waals surface area contributed by atoms with E-state index in [1.165, 1.54) is 18.0 Å². The Bertz CT molecular complexity index is 1380. The van der Waals surface area contributed by atoms with E-state index < -0.39 is 0 Å². The second-order valence-corrected chi connectivity index (χ2v) is 8.33. The smallest absolute Gasteiger partial charge is 0.266 e. The summed E-state index contributed by atoms with van der Waals surface area (Å²) in [7, 11) is 1.53. The van der Waals surface area contributed by atoms with Gasteiger partial charge in [0.2, 0.25) is 5.91 Å². The van der Waals surface area contributed by atoms with E-state index in [0.29, 0.717) is 38.6 Å². The van der Waals surface area contributed by atoms with Gasteiger partial charge in [0, 0.05) is 6.54 Å². The van der Waals surface area contributed by atoms with Crippen LogP contribution in [0.5, 0.6) is 5.75 Å². The maximum Gasteiger partial charge on any atom is 0.266 e. The highest BCUT2D eigenvalue weighted by molar-refractivity contribution is 7.20. The van der Waals surface area contributed by atoms with Gasteiger partial charge in [-0.3, -0.25) is 19.0 Å². The topological polar surface area (TPSA) is 102 Å². The molecule has 0 saturated heterocycles. The molecular weight excluding hydrogens is 440 g/mol. The molecule has 0 radical (unpaired) electrons. The third kappa shape index (κ3) is 4.78. The Morgan fingerprint density at radius 1 is 1.09 bits per heavy atom. The van der Waals surface area contributed by atoms with Crippen LogP contribution in [0.1, 0.15) is 20.8 Å². The van der Waals surface area contributed by atoms with E-state index in [0.717, 1.165) is 16.9 Å². The number of methoxy groups -OCH3 is 1. The van der Waals surface area contributed by atoms with Crippen molar-refractivity contribution in [3.8, 4) is 5.75 Å². The first-order valence-corrected chi connectivity index (χ1v) is 11.0. The van der Waals surface area contributed by atoms with Crippen LogP contribution in [0.2, 0.25) is 0 Å². The van der Waals surface area contributed by atoms with Gasteiger partial charge in [-0.2, -0.15) is 0 Å². The molecule has 2 aromatic heterocycles. The van der Waals surface area contributed by atoms with Crippen LogP contribution in [0.15, 0.2) is 65.7 Å². The Labute approximate surface area is 193 Å². The van der Waals surface area contributed by atoms with Crippen LogP contribution < -0.4 is 20.9 Å². The highest BCUT2D eigenvalue weighted by atomic mass is 32.1. The number of benzene rings is 2. The first-order valence-electron chi connectivity index (χ1n) is 10.2. The number of hydrogen-bond acceptors (Lipinski definition) is 6. The van der Waals surface area contributed by atoms with Gasteiger partial charge in [0.15, 0.2) is 0 Å². The van der Waals surface area contributed by atoms with Gasteiger partial charge < -0.3 is 15.4 Å². The number of hydrogen-bond donors (Lipinski definition) is 2. The lowest BCUT2D eigenvalue weighted by atomic mass is 10.2. The van der Waals surface area contributed by atoms with Gasteiger partial charge in [-0.25, -0.2) is 4.98 Å². The van der Waals surface area contributed by atoms with Crippen LogP contribution in [0.25, 0.3) is 10.2 Å². The third-order valence-electron chi connectivity index (χ3n) is 5.13. The first kappa shape index (κ1) is 22.2. The lowest BCUT2D eigenvalue weighted by Crippen LogP contribution is -2.32. The minimum atomic E-state index is -0.361. The Kier molecular flexibility index (Phi) is 6.50. The number of carbonyl (C=O) groups excluding carboxylic acids is 2. The molecule has 0 bridgehead atoms. The normalized spacial score (nSPS) is 10.7. The number of thiophene rings is 1. The van der Waals surface area contributed by atoms with Crippen molar-refractivity contribution in [3.05, 3.63) is 87.3 Å². The summed E-state index contributed by atoms with van der Waals surface area (Å²) in [6, 6.07) is 16.6. The molecule has 0 fully saturated rings. The van der Waals surface area contributed by atoms with Gasteiger partial charge in [-0.05, 0) is 30.2 Å². The zero-order valence-corrected chi connectivity index (χ0v) is 18.9. The molecule has 2 heterocycles. The summed E-state index contributed by atoms with van der Waals surface area (Å²) in [5, 5.41) is 5.96. The summed E-state index contributed by atoms with van der Waals surface area (Å²) in [6.45, 7) is 1.92. The number of aromatic nitrogens is 2. The number of fused-ring (bicyclic) bond motifs is 1. The number of para-hydroxylation sites is 2. The van der Waals surface area contributed by atoms with Crippen molar-refractivity contribution in [2.75, 3.05) is 12.4 Å². The van der Waals surface area contributed by atoms with Gasteiger partial charge in [-0.15, -0.1) is 11.3 Å². The van der Waals surface area contributed by atoms with Gasteiger partial charge in [0.1, 0.15) is 17.1 Å². The van der Waals surface area contributed by atoms with Gasteiger partial charge in [0.25, 0.3) is 11.5 Å². The molecule has 0 aliphatic carbocycles. The number of anilines is 1. The van der Waals surface area contributed by atoms with Gasteiger partial charge in [0.05, 0.1) is 29.4 Å². The molecule has 0 aliphatic heterocycles. The van der Waals surface area contributed by atoms with E-state index >= 15 is 0 Å². The number of amides is 2. The maximum atomic E-state index is 13.1. The van der Waals surface area contributed by atoms with Crippen molar-refractivity contribution in [3.63, 3.8) is 0 Å². The van der Waals surface area contributed by atoms with Crippen LogP contribution in [-0.4, -0.2) is 28.5 Å². The molecule has 0 atom stereocenters. The fourth-order valence-electron chi connectivity index (χ4n) is 3.42. The number of nitrogens with one attached hydrogen (secondary N) is 2. The van der Waals surface area contributed by atoms with Crippen molar-refractivity contribution < 1.29 is 14.3 Å².